The molecule has 0 radical (unpaired) electrons. The number of nitrogens with one attached hydrogen (secondary N) is 1. The molecule has 2 atom stereocenters. The number of hydrogen-bond acceptors (Lipinski definition) is 4. The van der Waals surface area contributed by atoms with Crippen molar-refractivity contribution < 1.29 is 9.84 Å². The largest absolute Gasteiger partial charge is 0.386 e. The molecule has 0 saturated carbocycles. The van der Waals surface area contributed by atoms with Gasteiger partial charge in [0.05, 0.1) is 6.10 Å². The van der Waals surface area contributed by atoms with Crippen LogP contribution < -0.4 is 5.32 Å². The second kappa shape index (κ2) is 7.11. The van der Waals surface area contributed by atoms with Crippen LogP contribution in [-0.2, 0) is 4.74 Å². The van der Waals surface area contributed by atoms with Crippen LogP contribution >= 0.6 is 11.3 Å². The molecule has 1 saturated heterocycles. The first-order valence-electron chi connectivity index (χ1n) is 6.40. The molecule has 17 heavy (non-hydrogen) atoms. The summed E-state index contributed by atoms with van der Waals surface area (Å²) in [6, 6.07) is 3.94. The van der Waals surface area contributed by atoms with Gasteiger partial charge in [0.1, 0.15) is 6.10 Å². The van der Waals surface area contributed by atoms with E-state index in [-0.39, 0.29) is 6.10 Å². The van der Waals surface area contributed by atoms with Crippen molar-refractivity contribution in [2.45, 2.75) is 37.9 Å². The molecule has 0 amide bonds. The number of hydrogen-bond donors (Lipinski definition) is 2. The third kappa shape index (κ3) is 4.39. The molecule has 1 aliphatic heterocycles. The fourth-order valence-corrected chi connectivity index (χ4v) is 2.83. The van der Waals surface area contributed by atoms with Gasteiger partial charge in [-0.3, -0.25) is 0 Å². The van der Waals surface area contributed by atoms with Gasteiger partial charge in [0, 0.05) is 18.0 Å². The van der Waals surface area contributed by atoms with E-state index >= 15 is 0 Å². The predicted octanol–water partition coefficient (Wildman–Crippen LogP) is 2.33. The molecule has 0 bridgehead atoms. The summed E-state index contributed by atoms with van der Waals surface area (Å²) in [7, 11) is 0. The fourth-order valence-electron chi connectivity index (χ4n) is 2.12. The van der Waals surface area contributed by atoms with Gasteiger partial charge < -0.3 is 15.2 Å². The minimum absolute atomic E-state index is 0.373. The second-order valence-corrected chi connectivity index (χ2v) is 5.49. The molecule has 3 nitrogen and oxygen atoms in total. The van der Waals surface area contributed by atoms with Crippen molar-refractivity contribution in [3.8, 4) is 0 Å². The molecule has 2 rings (SSSR count). The Morgan fingerprint density at radius 1 is 1.53 bits per heavy atom. The van der Waals surface area contributed by atoms with Crippen molar-refractivity contribution in [3.63, 3.8) is 0 Å². The first-order chi connectivity index (χ1) is 8.36. The number of thiophene rings is 1. The van der Waals surface area contributed by atoms with E-state index in [1.54, 1.807) is 11.3 Å². The van der Waals surface area contributed by atoms with Crippen LogP contribution in [-0.4, -0.2) is 30.9 Å². The SMILES string of the molecule is OC(CNCCC1CCCCO1)c1cccs1. The van der Waals surface area contributed by atoms with Crippen LogP contribution in [0.25, 0.3) is 0 Å². The lowest BCUT2D eigenvalue weighted by atomic mass is 10.1. The molecular weight excluding hydrogens is 234 g/mol. The van der Waals surface area contributed by atoms with E-state index in [1.807, 2.05) is 17.5 Å². The summed E-state index contributed by atoms with van der Waals surface area (Å²) in [5.74, 6) is 0. The molecule has 2 unspecified atom stereocenters. The molecule has 4 heteroatoms. The normalized spacial score (nSPS) is 22.5. The van der Waals surface area contributed by atoms with Crippen molar-refractivity contribution in [3.05, 3.63) is 22.4 Å². The summed E-state index contributed by atoms with van der Waals surface area (Å²) >= 11 is 1.60. The van der Waals surface area contributed by atoms with Gasteiger partial charge in [0.2, 0.25) is 0 Å². The Morgan fingerprint density at radius 3 is 3.18 bits per heavy atom. The van der Waals surface area contributed by atoms with E-state index in [0.29, 0.717) is 12.6 Å². The van der Waals surface area contributed by atoms with Crippen molar-refractivity contribution in [2.75, 3.05) is 19.7 Å². The van der Waals surface area contributed by atoms with Crippen molar-refractivity contribution in [1.29, 1.82) is 0 Å². The maximum atomic E-state index is 9.86. The fraction of sp³-hybridized carbons (Fsp3) is 0.692. The third-order valence-electron chi connectivity index (χ3n) is 3.13. The minimum Gasteiger partial charge on any atom is -0.386 e. The van der Waals surface area contributed by atoms with Crippen LogP contribution in [0, 0.1) is 0 Å². The monoisotopic (exact) mass is 255 g/mol. The Bertz CT molecular complexity index is 296. The van der Waals surface area contributed by atoms with Crippen LogP contribution in [0.2, 0.25) is 0 Å². The van der Waals surface area contributed by atoms with Gasteiger partial charge in [0.25, 0.3) is 0 Å². The van der Waals surface area contributed by atoms with Gasteiger partial charge in [-0.15, -0.1) is 11.3 Å². The van der Waals surface area contributed by atoms with Crippen molar-refractivity contribution in [1.82, 2.24) is 5.32 Å². The Kier molecular flexibility index (Phi) is 5.45. The summed E-state index contributed by atoms with van der Waals surface area (Å²) in [6.45, 7) is 2.48. The number of aliphatic hydroxyl groups is 1. The van der Waals surface area contributed by atoms with E-state index in [9.17, 15) is 5.11 Å². The Morgan fingerprint density at radius 2 is 2.47 bits per heavy atom. The quantitative estimate of drug-likeness (QED) is 0.767. The lowest BCUT2D eigenvalue weighted by Gasteiger charge is -2.22. The molecule has 1 fully saturated rings. The lowest BCUT2D eigenvalue weighted by molar-refractivity contribution is 0.0111. The average Bonchev–Trinajstić information content (AvgIpc) is 2.89. The zero-order valence-electron chi connectivity index (χ0n) is 10.1. The van der Waals surface area contributed by atoms with Crippen LogP contribution in [0.4, 0.5) is 0 Å². The van der Waals surface area contributed by atoms with Gasteiger partial charge in [-0.05, 0) is 43.7 Å². The first-order valence-corrected chi connectivity index (χ1v) is 7.28. The molecule has 2 N–H and O–H groups in total. The Labute approximate surface area is 107 Å². The average molecular weight is 255 g/mol. The standard InChI is InChI=1S/C13H21NO2S/c15-12(13-5-3-9-17-13)10-14-7-6-11-4-1-2-8-16-11/h3,5,9,11-12,14-15H,1-2,4,6-8,10H2. The highest BCUT2D eigenvalue weighted by molar-refractivity contribution is 7.10. The predicted molar refractivity (Wildman–Crippen MR) is 70.4 cm³/mol. The molecule has 0 spiro atoms. The van der Waals surface area contributed by atoms with Crippen LogP contribution in [0.1, 0.15) is 36.7 Å². The van der Waals surface area contributed by atoms with Gasteiger partial charge in [-0.25, -0.2) is 0 Å². The summed E-state index contributed by atoms with van der Waals surface area (Å²) in [6.07, 6.45) is 4.80. The van der Waals surface area contributed by atoms with Gasteiger partial charge in [-0.2, -0.15) is 0 Å². The molecule has 0 aliphatic carbocycles. The van der Waals surface area contributed by atoms with E-state index in [2.05, 4.69) is 5.32 Å². The Balaban J connectivity index is 1.56. The van der Waals surface area contributed by atoms with E-state index in [0.717, 1.165) is 24.4 Å². The van der Waals surface area contributed by atoms with E-state index < -0.39 is 0 Å². The number of aliphatic hydroxyl groups excluding tert-OH is 1. The summed E-state index contributed by atoms with van der Waals surface area (Å²) in [5, 5.41) is 15.2. The zero-order chi connectivity index (χ0) is 11.9. The second-order valence-electron chi connectivity index (χ2n) is 4.51. The first kappa shape index (κ1) is 13.0. The Hall–Kier alpha value is -0.420. The topological polar surface area (TPSA) is 41.5 Å². The molecule has 1 aromatic rings. The molecule has 1 aromatic heterocycles. The van der Waals surface area contributed by atoms with E-state index in [4.69, 9.17) is 4.74 Å². The lowest BCUT2D eigenvalue weighted by Crippen LogP contribution is -2.27. The van der Waals surface area contributed by atoms with Crippen molar-refractivity contribution in [2.24, 2.45) is 0 Å². The van der Waals surface area contributed by atoms with Gasteiger partial charge >= 0.3 is 0 Å². The number of ether oxygens (including phenoxy) is 1. The minimum atomic E-state index is -0.373. The molecule has 96 valence electrons. The summed E-state index contributed by atoms with van der Waals surface area (Å²) < 4.78 is 5.66. The maximum absolute atomic E-state index is 9.86. The maximum Gasteiger partial charge on any atom is 0.101 e. The highest BCUT2D eigenvalue weighted by Gasteiger charge is 2.13. The van der Waals surface area contributed by atoms with Gasteiger partial charge in [0.15, 0.2) is 0 Å². The van der Waals surface area contributed by atoms with Gasteiger partial charge in [-0.1, -0.05) is 6.07 Å². The molecule has 1 aliphatic rings. The summed E-state index contributed by atoms with van der Waals surface area (Å²) in [4.78, 5) is 1.03. The summed E-state index contributed by atoms with van der Waals surface area (Å²) in [5.41, 5.74) is 0. The highest BCUT2D eigenvalue weighted by Crippen LogP contribution is 2.18. The highest BCUT2D eigenvalue weighted by atomic mass is 32.1. The number of rotatable bonds is 6. The third-order valence-corrected chi connectivity index (χ3v) is 4.10. The van der Waals surface area contributed by atoms with E-state index in [1.165, 1.54) is 19.3 Å². The molecule has 0 aromatic carbocycles. The van der Waals surface area contributed by atoms with Crippen molar-refractivity contribution >= 4 is 11.3 Å². The smallest absolute Gasteiger partial charge is 0.101 e. The van der Waals surface area contributed by atoms with Crippen LogP contribution in [0.3, 0.4) is 0 Å². The van der Waals surface area contributed by atoms with Crippen LogP contribution in [0.5, 0.6) is 0 Å². The zero-order valence-corrected chi connectivity index (χ0v) is 10.9. The molecule has 2 heterocycles. The molecular formula is C13H21NO2S. The van der Waals surface area contributed by atoms with Crippen LogP contribution in [0.15, 0.2) is 17.5 Å².